The van der Waals surface area contributed by atoms with Gasteiger partial charge in [0.1, 0.15) is 6.26 Å². The van der Waals surface area contributed by atoms with Gasteiger partial charge in [0.15, 0.2) is 11.5 Å². The average molecular weight is 258 g/mol. The van der Waals surface area contributed by atoms with Crippen molar-refractivity contribution >= 4 is 12.0 Å². The van der Waals surface area contributed by atoms with Gasteiger partial charge in [0.2, 0.25) is 0 Å². The number of benzene rings is 1. The lowest BCUT2D eigenvalue weighted by molar-refractivity contribution is 0.0729. The minimum atomic E-state index is -0.481. The van der Waals surface area contributed by atoms with Crippen LogP contribution in [0.25, 0.3) is 6.08 Å². The van der Waals surface area contributed by atoms with E-state index in [1.54, 1.807) is 18.2 Å². The first kappa shape index (κ1) is 13.0. The summed E-state index contributed by atoms with van der Waals surface area (Å²) < 4.78 is 15.3. The number of furan rings is 1. The summed E-state index contributed by atoms with van der Waals surface area (Å²) in [5, 5.41) is 0. The summed E-state index contributed by atoms with van der Waals surface area (Å²) in [6.45, 7) is 1.93. The van der Waals surface area contributed by atoms with Gasteiger partial charge in [0.25, 0.3) is 0 Å². The van der Waals surface area contributed by atoms with Gasteiger partial charge in [-0.05, 0) is 30.7 Å². The van der Waals surface area contributed by atoms with Gasteiger partial charge in [0, 0.05) is 0 Å². The van der Waals surface area contributed by atoms with Gasteiger partial charge in [-0.2, -0.15) is 0 Å². The molecular weight excluding hydrogens is 244 g/mol. The Balaban J connectivity index is 2.22. The monoisotopic (exact) mass is 258 g/mol. The number of carbonyl (C=O) groups is 1. The average Bonchev–Trinajstić information content (AvgIpc) is 2.94. The van der Waals surface area contributed by atoms with Crippen molar-refractivity contribution in [1.29, 1.82) is 0 Å². The molecule has 0 aliphatic rings. The van der Waals surface area contributed by atoms with E-state index < -0.39 is 5.97 Å². The first-order chi connectivity index (χ1) is 9.24. The van der Waals surface area contributed by atoms with Crippen molar-refractivity contribution in [2.24, 2.45) is 0 Å². The Morgan fingerprint density at radius 3 is 2.74 bits per heavy atom. The summed E-state index contributed by atoms with van der Waals surface area (Å²) in [5.74, 6) is 0.403. The SMILES string of the molecule is CC=Cc1ccc(OC(=O)c2ccoc2)c(OC)c1. The van der Waals surface area contributed by atoms with E-state index in [-0.39, 0.29) is 0 Å². The standard InChI is InChI=1S/C15H14O4/c1-3-4-11-5-6-13(14(9-11)17-2)19-15(16)12-7-8-18-10-12/h3-10H,1-2H3. The Bertz CT molecular complexity index is 582. The largest absolute Gasteiger partial charge is 0.493 e. The van der Waals surface area contributed by atoms with Crippen molar-refractivity contribution in [2.75, 3.05) is 7.11 Å². The van der Waals surface area contributed by atoms with E-state index in [0.29, 0.717) is 17.1 Å². The van der Waals surface area contributed by atoms with E-state index in [9.17, 15) is 4.79 Å². The maximum absolute atomic E-state index is 11.8. The molecule has 19 heavy (non-hydrogen) atoms. The van der Waals surface area contributed by atoms with Crippen molar-refractivity contribution in [3.05, 3.63) is 54.0 Å². The molecule has 0 saturated heterocycles. The first-order valence-corrected chi connectivity index (χ1v) is 5.79. The maximum atomic E-state index is 11.8. The Morgan fingerprint density at radius 2 is 2.11 bits per heavy atom. The number of esters is 1. The summed E-state index contributed by atoms with van der Waals surface area (Å²) in [7, 11) is 1.53. The van der Waals surface area contributed by atoms with Crippen LogP contribution in [0.1, 0.15) is 22.8 Å². The molecule has 0 amide bonds. The Labute approximate surface area is 111 Å². The Hall–Kier alpha value is -2.49. The lowest BCUT2D eigenvalue weighted by Gasteiger charge is -2.09. The van der Waals surface area contributed by atoms with Gasteiger partial charge in [-0.15, -0.1) is 0 Å². The summed E-state index contributed by atoms with van der Waals surface area (Å²) in [6.07, 6.45) is 6.61. The lowest BCUT2D eigenvalue weighted by Crippen LogP contribution is -2.08. The van der Waals surface area contributed by atoms with Crippen LogP contribution in [0.2, 0.25) is 0 Å². The zero-order chi connectivity index (χ0) is 13.7. The molecule has 98 valence electrons. The van der Waals surface area contributed by atoms with Crippen molar-refractivity contribution in [2.45, 2.75) is 6.92 Å². The number of hydrogen-bond acceptors (Lipinski definition) is 4. The fourth-order valence-electron chi connectivity index (χ4n) is 1.60. The van der Waals surface area contributed by atoms with Gasteiger partial charge in [0.05, 0.1) is 18.9 Å². The van der Waals surface area contributed by atoms with Crippen molar-refractivity contribution in [1.82, 2.24) is 0 Å². The molecule has 0 unspecified atom stereocenters. The maximum Gasteiger partial charge on any atom is 0.346 e. The molecule has 0 atom stereocenters. The molecule has 0 spiro atoms. The van der Waals surface area contributed by atoms with Gasteiger partial charge < -0.3 is 13.9 Å². The van der Waals surface area contributed by atoms with Crippen molar-refractivity contribution in [3.63, 3.8) is 0 Å². The molecule has 1 heterocycles. The van der Waals surface area contributed by atoms with Crippen LogP contribution in [0.5, 0.6) is 11.5 Å². The molecule has 0 N–H and O–H groups in total. The number of methoxy groups -OCH3 is 1. The zero-order valence-corrected chi connectivity index (χ0v) is 10.8. The topological polar surface area (TPSA) is 48.7 Å². The zero-order valence-electron chi connectivity index (χ0n) is 10.8. The molecule has 0 aliphatic heterocycles. The van der Waals surface area contributed by atoms with Crippen LogP contribution in [0.15, 0.2) is 47.3 Å². The van der Waals surface area contributed by atoms with Crippen LogP contribution in [0, 0.1) is 0 Å². The first-order valence-electron chi connectivity index (χ1n) is 5.79. The summed E-state index contributed by atoms with van der Waals surface area (Å²) >= 11 is 0. The fraction of sp³-hybridized carbons (Fsp3) is 0.133. The molecule has 2 aromatic rings. The van der Waals surface area contributed by atoms with Gasteiger partial charge in [-0.1, -0.05) is 18.2 Å². The predicted molar refractivity (Wildman–Crippen MR) is 71.4 cm³/mol. The molecule has 4 nitrogen and oxygen atoms in total. The normalized spacial score (nSPS) is 10.6. The third-order valence-corrected chi connectivity index (χ3v) is 2.51. The fourth-order valence-corrected chi connectivity index (χ4v) is 1.60. The molecule has 0 bridgehead atoms. The molecule has 1 aromatic heterocycles. The van der Waals surface area contributed by atoms with Gasteiger partial charge in [-0.25, -0.2) is 4.79 Å². The molecule has 0 aliphatic carbocycles. The van der Waals surface area contributed by atoms with Gasteiger partial charge >= 0.3 is 5.97 Å². The second-order valence-electron chi connectivity index (χ2n) is 3.81. The number of ether oxygens (including phenoxy) is 2. The van der Waals surface area contributed by atoms with Crippen LogP contribution in [-0.2, 0) is 0 Å². The molecule has 0 fully saturated rings. The van der Waals surface area contributed by atoms with E-state index in [0.717, 1.165) is 5.56 Å². The van der Waals surface area contributed by atoms with E-state index in [1.807, 2.05) is 25.1 Å². The highest BCUT2D eigenvalue weighted by atomic mass is 16.6. The highest BCUT2D eigenvalue weighted by Crippen LogP contribution is 2.29. The van der Waals surface area contributed by atoms with Crippen LogP contribution in [0.3, 0.4) is 0 Å². The number of hydrogen-bond donors (Lipinski definition) is 0. The van der Waals surface area contributed by atoms with Crippen LogP contribution in [0.4, 0.5) is 0 Å². The number of carbonyl (C=O) groups excluding carboxylic acids is 1. The molecule has 0 saturated carbocycles. The second kappa shape index (κ2) is 5.91. The molecule has 0 radical (unpaired) electrons. The van der Waals surface area contributed by atoms with Crippen molar-refractivity contribution in [3.8, 4) is 11.5 Å². The van der Waals surface area contributed by atoms with Crippen LogP contribution >= 0.6 is 0 Å². The number of allylic oxidation sites excluding steroid dienone is 1. The highest BCUT2D eigenvalue weighted by molar-refractivity contribution is 5.90. The minimum absolute atomic E-state index is 0.361. The van der Waals surface area contributed by atoms with E-state index in [1.165, 1.54) is 19.6 Å². The molecule has 1 aromatic carbocycles. The van der Waals surface area contributed by atoms with Crippen molar-refractivity contribution < 1.29 is 18.7 Å². The van der Waals surface area contributed by atoms with Gasteiger partial charge in [-0.3, -0.25) is 0 Å². The predicted octanol–water partition coefficient (Wildman–Crippen LogP) is 3.54. The molecular formula is C15H14O4. The second-order valence-corrected chi connectivity index (χ2v) is 3.81. The van der Waals surface area contributed by atoms with Crippen LogP contribution in [-0.4, -0.2) is 13.1 Å². The highest BCUT2D eigenvalue weighted by Gasteiger charge is 2.13. The molecule has 2 rings (SSSR count). The van der Waals surface area contributed by atoms with E-state index >= 15 is 0 Å². The van der Waals surface area contributed by atoms with E-state index in [2.05, 4.69) is 0 Å². The smallest absolute Gasteiger partial charge is 0.346 e. The third-order valence-electron chi connectivity index (χ3n) is 2.51. The third kappa shape index (κ3) is 3.04. The molecule has 4 heteroatoms. The quantitative estimate of drug-likeness (QED) is 0.621. The van der Waals surface area contributed by atoms with E-state index in [4.69, 9.17) is 13.9 Å². The summed E-state index contributed by atoms with van der Waals surface area (Å²) in [5.41, 5.74) is 1.34. The summed E-state index contributed by atoms with van der Waals surface area (Å²) in [4.78, 5) is 11.8. The summed E-state index contributed by atoms with van der Waals surface area (Å²) in [6, 6.07) is 6.90. The number of rotatable bonds is 4. The minimum Gasteiger partial charge on any atom is -0.493 e. The Kier molecular flexibility index (Phi) is 4.03. The van der Waals surface area contributed by atoms with Crippen LogP contribution < -0.4 is 9.47 Å². The lowest BCUT2D eigenvalue weighted by atomic mass is 10.2. The Morgan fingerprint density at radius 1 is 1.26 bits per heavy atom.